The predicted octanol–water partition coefficient (Wildman–Crippen LogP) is 7.05. The maximum atomic E-state index is 10.8. The van der Waals surface area contributed by atoms with Crippen molar-refractivity contribution in [2.75, 3.05) is 0 Å². The van der Waals surface area contributed by atoms with Crippen LogP contribution in [0.1, 0.15) is 64.2 Å². The maximum absolute atomic E-state index is 10.8. The third-order valence-electron chi connectivity index (χ3n) is 8.73. The standard InChI is InChI=1S/C29H32O4/c1-15(2)6-7-16-12-19-23(14-21(16)31)32-22-13-17(30)8-9-18(22)27-24(19)26-25-20(28(26,3)4)10-11-29(25,5)33-27/h6,8-9,12-14,20,25-26,30-31H,7,10-11H2,1-5H3. The Morgan fingerprint density at radius 2 is 1.82 bits per heavy atom. The summed E-state index contributed by atoms with van der Waals surface area (Å²) in [6.45, 7) is 11.2. The molecule has 0 saturated heterocycles. The highest BCUT2D eigenvalue weighted by Gasteiger charge is 2.70. The summed E-state index contributed by atoms with van der Waals surface area (Å²) in [6, 6.07) is 9.07. The largest absolute Gasteiger partial charge is 0.508 e. The molecule has 2 N–H and O–H groups in total. The minimum absolute atomic E-state index is 0.147. The Hall–Kier alpha value is -2.88. The molecular formula is C29H32O4. The average molecular weight is 445 g/mol. The van der Waals surface area contributed by atoms with Gasteiger partial charge in [-0.2, -0.15) is 0 Å². The fourth-order valence-corrected chi connectivity index (χ4v) is 7.09. The molecule has 172 valence electrons. The van der Waals surface area contributed by atoms with Gasteiger partial charge in [-0.05, 0) is 75.1 Å². The fraction of sp³-hybridized carbons (Fsp3) is 0.448. The number of hydrogen-bond donors (Lipinski definition) is 2. The average Bonchev–Trinajstić information content (AvgIpc) is 3.02. The van der Waals surface area contributed by atoms with E-state index in [1.165, 1.54) is 17.6 Å². The molecule has 0 amide bonds. The van der Waals surface area contributed by atoms with E-state index in [1.54, 1.807) is 18.2 Å². The lowest BCUT2D eigenvalue weighted by molar-refractivity contribution is -0.135. The van der Waals surface area contributed by atoms with Gasteiger partial charge in [0, 0.05) is 35.1 Å². The molecule has 2 aromatic rings. The van der Waals surface area contributed by atoms with E-state index < -0.39 is 0 Å². The number of ether oxygens (including phenoxy) is 2. The van der Waals surface area contributed by atoms with Crippen molar-refractivity contribution in [1.82, 2.24) is 0 Å². The Balaban J connectivity index is 1.63. The molecule has 2 aliphatic carbocycles. The van der Waals surface area contributed by atoms with E-state index in [2.05, 4.69) is 46.8 Å². The van der Waals surface area contributed by atoms with Gasteiger partial charge in [-0.15, -0.1) is 0 Å². The van der Waals surface area contributed by atoms with Crippen LogP contribution in [0.25, 0.3) is 11.3 Å². The van der Waals surface area contributed by atoms with Crippen LogP contribution in [0.15, 0.2) is 42.0 Å². The van der Waals surface area contributed by atoms with Gasteiger partial charge in [0.15, 0.2) is 0 Å². The summed E-state index contributed by atoms with van der Waals surface area (Å²) in [5.74, 6) is 3.91. The monoisotopic (exact) mass is 444 g/mol. The molecule has 2 aromatic carbocycles. The highest BCUT2D eigenvalue weighted by atomic mass is 16.5. The number of benzene rings is 2. The zero-order chi connectivity index (χ0) is 23.3. The van der Waals surface area contributed by atoms with Crippen LogP contribution in [-0.4, -0.2) is 15.8 Å². The topological polar surface area (TPSA) is 58.9 Å². The van der Waals surface area contributed by atoms with E-state index in [0.29, 0.717) is 35.7 Å². The summed E-state index contributed by atoms with van der Waals surface area (Å²) < 4.78 is 13.3. The van der Waals surface area contributed by atoms with Crippen LogP contribution in [-0.2, 0) is 11.2 Å². The second kappa shape index (κ2) is 6.59. The zero-order valence-corrected chi connectivity index (χ0v) is 20.0. The lowest BCUT2D eigenvalue weighted by Crippen LogP contribution is -2.60. The summed E-state index contributed by atoms with van der Waals surface area (Å²) in [5.41, 5.74) is 5.13. The van der Waals surface area contributed by atoms with Crippen LogP contribution in [0.5, 0.6) is 23.0 Å². The van der Waals surface area contributed by atoms with Gasteiger partial charge in [0.25, 0.3) is 0 Å². The number of aromatic hydroxyl groups is 2. The number of fused-ring (bicyclic) bond motifs is 5. The molecule has 0 radical (unpaired) electrons. The molecule has 4 nitrogen and oxygen atoms in total. The van der Waals surface area contributed by atoms with Gasteiger partial charge in [0.05, 0.1) is 5.56 Å². The van der Waals surface area contributed by atoms with E-state index >= 15 is 0 Å². The van der Waals surface area contributed by atoms with Gasteiger partial charge in [0.1, 0.15) is 34.4 Å². The van der Waals surface area contributed by atoms with Crippen molar-refractivity contribution in [3.05, 3.63) is 58.7 Å². The molecule has 0 bridgehead atoms. The first kappa shape index (κ1) is 20.7. The van der Waals surface area contributed by atoms with Gasteiger partial charge < -0.3 is 19.7 Å². The van der Waals surface area contributed by atoms with Crippen molar-refractivity contribution < 1.29 is 19.7 Å². The molecule has 4 heteroatoms. The Morgan fingerprint density at radius 1 is 1.06 bits per heavy atom. The Kier molecular flexibility index (Phi) is 4.13. The van der Waals surface area contributed by atoms with Crippen LogP contribution < -0.4 is 4.74 Å². The van der Waals surface area contributed by atoms with Gasteiger partial charge in [0.2, 0.25) is 0 Å². The highest BCUT2D eigenvalue weighted by molar-refractivity contribution is 5.96. The second-order valence-electron chi connectivity index (χ2n) is 11.4. The molecule has 4 unspecified atom stereocenters. The van der Waals surface area contributed by atoms with E-state index in [9.17, 15) is 10.2 Å². The first-order chi connectivity index (χ1) is 15.6. The van der Waals surface area contributed by atoms with Crippen molar-refractivity contribution in [3.8, 4) is 23.0 Å². The Bertz CT molecular complexity index is 1250. The smallest absolute Gasteiger partial charge is 0.142 e. The maximum Gasteiger partial charge on any atom is 0.142 e. The predicted molar refractivity (Wildman–Crippen MR) is 129 cm³/mol. The number of phenolic OH excluding ortho intramolecular Hbond substituents is 2. The van der Waals surface area contributed by atoms with Crippen molar-refractivity contribution in [3.63, 3.8) is 0 Å². The third kappa shape index (κ3) is 2.76. The first-order valence-electron chi connectivity index (χ1n) is 12.0. The van der Waals surface area contributed by atoms with Crippen molar-refractivity contribution >= 4 is 11.3 Å². The summed E-state index contributed by atoms with van der Waals surface area (Å²) in [6.07, 6.45) is 5.05. The van der Waals surface area contributed by atoms with Gasteiger partial charge in [-0.25, -0.2) is 0 Å². The van der Waals surface area contributed by atoms with Crippen LogP contribution >= 0.6 is 0 Å². The first-order valence-corrected chi connectivity index (χ1v) is 12.0. The third-order valence-corrected chi connectivity index (χ3v) is 8.73. The quantitative estimate of drug-likeness (QED) is 0.487. The van der Waals surface area contributed by atoms with E-state index in [1.807, 2.05) is 6.07 Å². The van der Waals surface area contributed by atoms with Gasteiger partial charge in [-0.1, -0.05) is 25.5 Å². The lowest BCUT2D eigenvalue weighted by atomic mass is 9.44. The van der Waals surface area contributed by atoms with E-state index in [-0.39, 0.29) is 22.5 Å². The summed E-state index contributed by atoms with van der Waals surface area (Å²) in [7, 11) is 0. The van der Waals surface area contributed by atoms with E-state index in [0.717, 1.165) is 28.9 Å². The molecule has 33 heavy (non-hydrogen) atoms. The Morgan fingerprint density at radius 3 is 2.58 bits per heavy atom. The van der Waals surface area contributed by atoms with Crippen LogP contribution in [0.4, 0.5) is 0 Å². The molecule has 0 spiro atoms. The molecule has 2 aliphatic heterocycles. The van der Waals surface area contributed by atoms with E-state index in [4.69, 9.17) is 9.47 Å². The van der Waals surface area contributed by atoms with Crippen molar-refractivity contribution in [2.45, 2.75) is 59.5 Å². The van der Waals surface area contributed by atoms with Crippen molar-refractivity contribution in [2.24, 2.45) is 23.2 Å². The molecule has 2 heterocycles. The number of phenols is 2. The highest BCUT2D eigenvalue weighted by Crippen LogP contribution is 2.74. The number of allylic oxidation sites excluding steroid dienone is 3. The summed E-state index contributed by atoms with van der Waals surface area (Å²) in [4.78, 5) is 0. The zero-order valence-electron chi connectivity index (χ0n) is 20.0. The SMILES string of the molecule is CC(C)=CCc1cc2c(cc1O)Oc1cc(O)ccc1C1=C2C2C3C(CCC3(C)O1)C2(C)C. The molecule has 4 atom stereocenters. The van der Waals surface area contributed by atoms with Crippen LogP contribution in [0.3, 0.4) is 0 Å². The van der Waals surface area contributed by atoms with Gasteiger partial charge >= 0.3 is 0 Å². The molecule has 6 rings (SSSR count). The summed E-state index contributed by atoms with van der Waals surface area (Å²) >= 11 is 0. The number of rotatable bonds is 2. The lowest BCUT2D eigenvalue weighted by Gasteiger charge is -2.62. The Labute approximate surface area is 195 Å². The molecule has 2 fully saturated rings. The molecular weight excluding hydrogens is 412 g/mol. The van der Waals surface area contributed by atoms with Gasteiger partial charge in [-0.3, -0.25) is 0 Å². The van der Waals surface area contributed by atoms with Crippen molar-refractivity contribution in [1.29, 1.82) is 0 Å². The van der Waals surface area contributed by atoms with Crippen LogP contribution in [0.2, 0.25) is 0 Å². The fourth-order valence-electron chi connectivity index (χ4n) is 7.09. The minimum Gasteiger partial charge on any atom is -0.508 e. The number of hydrogen-bond acceptors (Lipinski definition) is 4. The van der Waals surface area contributed by atoms with Crippen LogP contribution in [0, 0.1) is 23.2 Å². The normalized spacial score (nSPS) is 29.9. The second-order valence-corrected chi connectivity index (χ2v) is 11.4. The minimum atomic E-state index is -0.189. The summed E-state index contributed by atoms with van der Waals surface area (Å²) in [5, 5.41) is 21.0. The molecule has 0 aromatic heterocycles. The molecule has 4 aliphatic rings. The molecule has 2 saturated carbocycles.